The molecular formula is C26H29IN4O2. The first-order valence-electron chi connectivity index (χ1n) is 11.8. The number of aromatic nitrogens is 3. The van der Waals surface area contributed by atoms with Gasteiger partial charge in [-0.05, 0) is 93.9 Å². The molecule has 1 N–H and O–H groups in total. The number of hydrogen-bond donors (Lipinski definition) is 1. The molecule has 2 aromatic heterocycles. The van der Waals surface area contributed by atoms with Crippen LogP contribution in [0, 0.1) is 5.41 Å². The van der Waals surface area contributed by atoms with Crippen molar-refractivity contribution in [1.82, 2.24) is 18.3 Å². The molecule has 1 amide bonds. The third-order valence-electron chi connectivity index (χ3n) is 7.38. The molecule has 0 aliphatic heterocycles. The first kappa shape index (κ1) is 21.4. The van der Waals surface area contributed by atoms with E-state index in [0.717, 1.165) is 29.6 Å². The van der Waals surface area contributed by atoms with Gasteiger partial charge in [-0.3, -0.25) is 4.98 Å². The summed E-state index contributed by atoms with van der Waals surface area (Å²) in [6.07, 6.45) is 10.5. The molecule has 1 aromatic carbocycles. The van der Waals surface area contributed by atoms with E-state index in [1.807, 2.05) is 36.1 Å². The van der Waals surface area contributed by atoms with Gasteiger partial charge in [0.2, 0.25) is 0 Å². The minimum Gasteiger partial charge on any atom is -0.444 e. The van der Waals surface area contributed by atoms with Crippen LogP contribution < -0.4 is 5.32 Å². The largest absolute Gasteiger partial charge is 0.444 e. The summed E-state index contributed by atoms with van der Waals surface area (Å²) in [4.78, 5) is 17.6. The molecule has 3 aromatic rings. The molecule has 0 atom stereocenters. The molecule has 7 heteroatoms. The Labute approximate surface area is 208 Å². The van der Waals surface area contributed by atoms with Crippen molar-refractivity contribution in [2.75, 3.05) is 0 Å². The van der Waals surface area contributed by atoms with Crippen LogP contribution in [0.15, 0.2) is 36.7 Å². The van der Waals surface area contributed by atoms with Crippen LogP contribution in [0.1, 0.15) is 76.3 Å². The molecule has 0 radical (unpaired) electrons. The van der Waals surface area contributed by atoms with E-state index >= 15 is 0 Å². The maximum absolute atomic E-state index is 12.7. The van der Waals surface area contributed by atoms with Crippen LogP contribution >= 0.6 is 22.9 Å². The Morgan fingerprint density at radius 3 is 2.52 bits per heavy atom. The normalized spacial score (nSPS) is 20.5. The van der Waals surface area contributed by atoms with Crippen LogP contribution in [0.2, 0.25) is 0 Å². The van der Waals surface area contributed by atoms with Gasteiger partial charge in [-0.1, -0.05) is 12.1 Å². The van der Waals surface area contributed by atoms with E-state index in [4.69, 9.17) is 9.72 Å². The zero-order chi connectivity index (χ0) is 23.0. The first-order valence-corrected chi connectivity index (χ1v) is 12.8. The number of hydrogen-bond acceptors (Lipinski definition) is 4. The number of fused-ring (bicyclic) bond motifs is 1. The summed E-state index contributed by atoms with van der Waals surface area (Å²) in [5.41, 5.74) is 5.30. The zero-order valence-corrected chi connectivity index (χ0v) is 21.5. The summed E-state index contributed by atoms with van der Waals surface area (Å²) in [6.45, 7) is 5.69. The molecule has 0 saturated heterocycles. The topological polar surface area (TPSA) is 69.0 Å². The minimum absolute atomic E-state index is 0.348. The van der Waals surface area contributed by atoms with Crippen molar-refractivity contribution in [3.05, 3.63) is 47.8 Å². The van der Waals surface area contributed by atoms with Gasteiger partial charge in [-0.2, -0.15) is 5.10 Å². The average molecular weight is 556 g/mol. The van der Waals surface area contributed by atoms with Gasteiger partial charge in [-0.25, -0.2) is 7.69 Å². The van der Waals surface area contributed by atoms with Crippen molar-refractivity contribution in [2.24, 2.45) is 5.41 Å². The molecule has 6 nitrogen and oxygen atoms in total. The van der Waals surface area contributed by atoms with Crippen LogP contribution in [-0.2, 0) is 10.3 Å². The molecule has 3 aliphatic carbocycles. The number of pyridine rings is 1. The van der Waals surface area contributed by atoms with Crippen LogP contribution in [0.4, 0.5) is 4.79 Å². The van der Waals surface area contributed by atoms with Crippen LogP contribution in [-0.4, -0.2) is 24.7 Å². The van der Waals surface area contributed by atoms with Crippen molar-refractivity contribution in [3.63, 3.8) is 0 Å². The van der Waals surface area contributed by atoms with Gasteiger partial charge in [0.05, 0.1) is 45.8 Å². The van der Waals surface area contributed by atoms with Crippen molar-refractivity contribution in [1.29, 1.82) is 0 Å². The van der Waals surface area contributed by atoms with Crippen molar-refractivity contribution in [3.8, 4) is 11.3 Å². The Morgan fingerprint density at radius 2 is 1.91 bits per heavy atom. The minimum atomic E-state index is -0.516. The van der Waals surface area contributed by atoms with Gasteiger partial charge in [-0.15, -0.1) is 0 Å². The van der Waals surface area contributed by atoms with Gasteiger partial charge in [0, 0.05) is 17.1 Å². The third kappa shape index (κ3) is 3.82. The molecule has 0 unspecified atom stereocenters. The quantitative estimate of drug-likeness (QED) is 0.374. The maximum atomic E-state index is 12.7. The molecule has 3 saturated carbocycles. The Bertz CT molecular complexity index is 1240. The van der Waals surface area contributed by atoms with Gasteiger partial charge < -0.3 is 10.1 Å². The van der Waals surface area contributed by atoms with Crippen molar-refractivity contribution >= 4 is 39.9 Å². The summed E-state index contributed by atoms with van der Waals surface area (Å²) in [7, 11) is 0. The zero-order valence-electron chi connectivity index (χ0n) is 19.3. The number of carbonyl (C=O) groups is 1. The lowest BCUT2D eigenvalue weighted by Gasteiger charge is -2.49. The van der Waals surface area contributed by atoms with Crippen molar-refractivity contribution in [2.45, 2.75) is 76.4 Å². The Morgan fingerprint density at radius 1 is 1.15 bits per heavy atom. The summed E-state index contributed by atoms with van der Waals surface area (Å²) in [5, 5.41) is 8.91. The van der Waals surface area contributed by atoms with E-state index in [1.165, 1.54) is 42.2 Å². The standard InChI is InChI=1S/C26H29IN4O2/c1-24(2,3)33-23(32)30-26(14-25(15-26)10-11-25)17-6-8-20(28-12-17)18-7-9-21-19(13-29-31(21)27)22(18)16-4-5-16/h6-9,12-13,16H,4-5,10-11,14-15H2,1-3H3,(H,30,32). The number of carbonyl (C=O) groups excluding carboxylic acids is 1. The Balaban J connectivity index is 1.32. The highest BCUT2D eigenvalue weighted by atomic mass is 127. The van der Waals surface area contributed by atoms with Gasteiger partial charge in [0.15, 0.2) is 0 Å². The predicted molar refractivity (Wildman–Crippen MR) is 136 cm³/mol. The third-order valence-corrected chi connectivity index (χ3v) is 8.15. The molecule has 33 heavy (non-hydrogen) atoms. The van der Waals surface area contributed by atoms with Gasteiger partial charge in [0.25, 0.3) is 0 Å². The number of amides is 1. The number of alkyl carbamates (subject to hydrolysis) is 1. The number of nitrogens with one attached hydrogen (secondary N) is 1. The van der Waals surface area contributed by atoms with Gasteiger partial charge in [0.1, 0.15) is 5.60 Å². The maximum Gasteiger partial charge on any atom is 0.408 e. The second kappa shape index (κ2) is 7.17. The number of nitrogens with zero attached hydrogens (tertiary/aromatic N) is 3. The Kier molecular flexibility index (Phi) is 4.64. The predicted octanol–water partition coefficient (Wildman–Crippen LogP) is 6.47. The van der Waals surface area contributed by atoms with E-state index in [1.54, 1.807) is 0 Å². The van der Waals surface area contributed by atoms with Crippen molar-refractivity contribution < 1.29 is 9.53 Å². The monoisotopic (exact) mass is 556 g/mol. The van der Waals surface area contributed by atoms with Gasteiger partial charge >= 0.3 is 6.09 Å². The second-order valence-corrected chi connectivity index (χ2v) is 12.1. The molecule has 172 valence electrons. The summed E-state index contributed by atoms with van der Waals surface area (Å²) >= 11 is 2.23. The summed E-state index contributed by atoms with van der Waals surface area (Å²) < 4.78 is 7.50. The van der Waals surface area contributed by atoms with E-state index in [9.17, 15) is 4.79 Å². The second-order valence-electron chi connectivity index (χ2n) is 11.2. The van der Waals surface area contributed by atoms with E-state index in [-0.39, 0.29) is 11.6 Å². The number of rotatable bonds is 4. The molecule has 0 bridgehead atoms. The van der Waals surface area contributed by atoms with E-state index < -0.39 is 5.60 Å². The number of ether oxygens (including phenoxy) is 1. The average Bonchev–Trinajstić information content (AvgIpc) is 3.65. The fourth-order valence-electron chi connectivity index (χ4n) is 5.59. The molecular weight excluding hydrogens is 527 g/mol. The highest BCUT2D eigenvalue weighted by Crippen LogP contribution is 2.68. The summed E-state index contributed by atoms with van der Waals surface area (Å²) in [6, 6.07) is 8.59. The number of benzene rings is 1. The van der Waals surface area contributed by atoms with Crippen LogP contribution in [0.5, 0.6) is 0 Å². The highest BCUT2D eigenvalue weighted by Gasteiger charge is 2.62. The SMILES string of the molecule is CC(C)(C)OC(=O)NC1(c2ccc(-c3ccc4c(cnn4I)c3C3CC3)nc2)CC2(CC2)C1. The van der Waals surface area contributed by atoms with Crippen LogP contribution in [0.3, 0.4) is 0 Å². The van der Waals surface area contributed by atoms with Crippen LogP contribution in [0.25, 0.3) is 22.2 Å². The molecule has 3 fully saturated rings. The summed E-state index contributed by atoms with van der Waals surface area (Å²) in [5.74, 6) is 0.590. The molecule has 1 spiro atoms. The fraction of sp³-hybridized carbons (Fsp3) is 0.500. The smallest absolute Gasteiger partial charge is 0.408 e. The number of halogens is 1. The molecule has 6 rings (SSSR count). The lowest BCUT2D eigenvalue weighted by molar-refractivity contribution is 0.0227. The Hall–Kier alpha value is -2.16. The fourth-order valence-corrected chi connectivity index (χ4v) is 6.13. The van der Waals surface area contributed by atoms with E-state index in [2.05, 4.69) is 57.5 Å². The lowest BCUT2D eigenvalue weighted by atomic mass is 9.62. The highest BCUT2D eigenvalue weighted by molar-refractivity contribution is 14.1. The molecule has 3 aliphatic rings. The van der Waals surface area contributed by atoms with E-state index in [0.29, 0.717) is 11.3 Å². The lowest BCUT2D eigenvalue weighted by Crippen LogP contribution is -2.56. The first-order chi connectivity index (χ1) is 15.7. The molecule has 2 heterocycles.